The zero-order valence-electron chi connectivity index (χ0n) is 10.1. The first-order chi connectivity index (χ1) is 9.25. The van der Waals surface area contributed by atoms with Crippen LogP contribution in [0.15, 0.2) is 59.0 Å². The van der Waals surface area contributed by atoms with Crippen molar-refractivity contribution in [2.75, 3.05) is 5.75 Å². The van der Waals surface area contributed by atoms with Gasteiger partial charge in [-0.25, -0.2) is 4.39 Å². The van der Waals surface area contributed by atoms with Crippen LogP contribution in [0, 0.1) is 5.82 Å². The quantitative estimate of drug-likeness (QED) is 0.722. The topological polar surface area (TPSA) is 17.1 Å². The molecule has 19 heavy (non-hydrogen) atoms. The normalized spacial score (nSPS) is 16.5. The van der Waals surface area contributed by atoms with Gasteiger partial charge in [0.05, 0.1) is 0 Å². The Hall–Kier alpha value is -1.87. The molecule has 0 aliphatic carbocycles. The van der Waals surface area contributed by atoms with Gasteiger partial charge in [0.1, 0.15) is 5.82 Å². The van der Waals surface area contributed by atoms with Gasteiger partial charge in [-0.2, -0.15) is 0 Å². The molecule has 3 rings (SSSR count). The van der Waals surface area contributed by atoms with Gasteiger partial charge in [-0.15, -0.1) is 11.8 Å². The first kappa shape index (κ1) is 12.2. The lowest BCUT2D eigenvalue weighted by Crippen LogP contribution is -2.12. The lowest BCUT2D eigenvalue weighted by atomic mass is 10.0. The summed E-state index contributed by atoms with van der Waals surface area (Å²) in [7, 11) is 0. The van der Waals surface area contributed by atoms with Crippen molar-refractivity contribution in [2.24, 2.45) is 0 Å². The molecule has 0 radical (unpaired) electrons. The Labute approximate surface area is 115 Å². The second-order valence-electron chi connectivity index (χ2n) is 4.31. The van der Waals surface area contributed by atoms with Crippen molar-refractivity contribution in [3.8, 4) is 0 Å². The molecule has 0 fully saturated rings. The zero-order valence-corrected chi connectivity index (χ0v) is 10.9. The van der Waals surface area contributed by atoms with Gasteiger partial charge >= 0.3 is 0 Å². The minimum Gasteiger partial charge on any atom is -0.289 e. The van der Waals surface area contributed by atoms with Crippen LogP contribution in [-0.2, 0) is 0 Å². The standard InChI is InChI=1S/C16H11FOS/c17-14-7-3-1-5-11(14)9-12-10-19-15-8-4-2-6-13(15)16(12)18/h1-9H,10H2/b12-9+. The van der Waals surface area contributed by atoms with Gasteiger partial charge in [0.15, 0.2) is 5.78 Å². The number of fused-ring (bicyclic) bond motifs is 1. The molecule has 2 aromatic carbocycles. The van der Waals surface area contributed by atoms with Crippen LogP contribution in [0.5, 0.6) is 0 Å². The van der Waals surface area contributed by atoms with Gasteiger partial charge in [0.25, 0.3) is 0 Å². The van der Waals surface area contributed by atoms with Crippen molar-refractivity contribution >= 4 is 23.6 Å². The van der Waals surface area contributed by atoms with E-state index in [-0.39, 0.29) is 11.6 Å². The summed E-state index contributed by atoms with van der Waals surface area (Å²) in [6.45, 7) is 0. The molecule has 1 nitrogen and oxygen atoms in total. The third-order valence-electron chi connectivity index (χ3n) is 3.04. The maximum absolute atomic E-state index is 13.6. The molecule has 0 bridgehead atoms. The van der Waals surface area contributed by atoms with Crippen molar-refractivity contribution in [1.29, 1.82) is 0 Å². The number of halogens is 1. The Balaban J connectivity index is 2.01. The monoisotopic (exact) mass is 270 g/mol. The van der Waals surface area contributed by atoms with E-state index in [9.17, 15) is 9.18 Å². The van der Waals surface area contributed by atoms with E-state index in [4.69, 9.17) is 0 Å². The molecule has 0 saturated carbocycles. The summed E-state index contributed by atoms with van der Waals surface area (Å²) >= 11 is 1.61. The number of carbonyl (C=O) groups excluding carboxylic acids is 1. The molecule has 0 atom stereocenters. The summed E-state index contributed by atoms with van der Waals surface area (Å²) in [5.74, 6) is 0.286. The second kappa shape index (κ2) is 5.02. The summed E-state index contributed by atoms with van der Waals surface area (Å²) in [4.78, 5) is 13.3. The summed E-state index contributed by atoms with van der Waals surface area (Å²) < 4.78 is 13.6. The van der Waals surface area contributed by atoms with Crippen LogP contribution in [0.2, 0.25) is 0 Å². The first-order valence-electron chi connectivity index (χ1n) is 5.97. The van der Waals surface area contributed by atoms with Crippen molar-refractivity contribution < 1.29 is 9.18 Å². The molecule has 0 N–H and O–H groups in total. The number of thioether (sulfide) groups is 1. The second-order valence-corrected chi connectivity index (χ2v) is 5.32. The zero-order chi connectivity index (χ0) is 13.2. The van der Waals surface area contributed by atoms with E-state index >= 15 is 0 Å². The van der Waals surface area contributed by atoms with E-state index in [1.165, 1.54) is 6.07 Å². The van der Waals surface area contributed by atoms with Gasteiger partial charge in [0, 0.05) is 27.3 Å². The Bertz CT molecular complexity index is 676. The average molecular weight is 270 g/mol. The fraction of sp³-hybridized carbons (Fsp3) is 0.0625. The van der Waals surface area contributed by atoms with E-state index in [1.807, 2.05) is 24.3 Å². The molecule has 1 aliphatic heterocycles. The van der Waals surface area contributed by atoms with E-state index in [2.05, 4.69) is 0 Å². The molecule has 2 aromatic rings. The van der Waals surface area contributed by atoms with Crippen LogP contribution >= 0.6 is 11.8 Å². The highest BCUT2D eigenvalue weighted by molar-refractivity contribution is 7.99. The molecule has 0 spiro atoms. The summed E-state index contributed by atoms with van der Waals surface area (Å²) in [6.07, 6.45) is 1.65. The number of Topliss-reactive ketones (excluding diaryl/α,β-unsaturated/α-hetero) is 1. The highest BCUT2D eigenvalue weighted by Crippen LogP contribution is 2.33. The average Bonchev–Trinajstić information content (AvgIpc) is 2.44. The van der Waals surface area contributed by atoms with Gasteiger partial charge in [-0.3, -0.25) is 4.79 Å². The van der Waals surface area contributed by atoms with Gasteiger partial charge in [-0.05, 0) is 24.3 Å². The van der Waals surface area contributed by atoms with E-state index in [0.717, 1.165) is 4.90 Å². The summed E-state index contributed by atoms with van der Waals surface area (Å²) in [5, 5.41) is 0. The summed E-state index contributed by atoms with van der Waals surface area (Å²) in [6, 6.07) is 14.0. The predicted octanol–water partition coefficient (Wildman–Crippen LogP) is 4.20. The third kappa shape index (κ3) is 2.34. The molecule has 0 amide bonds. The smallest absolute Gasteiger partial charge is 0.191 e. The molecule has 0 aromatic heterocycles. The van der Waals surface area contributed by atoms with Crippen LogP contribution in [0.25, 0.3) is 6.08 Å². The lowest BCUT2D eigenvalue weighted by molar-refractivity contribution is 0.103. The van der Waals surface area contributed by atoms with Crippen LogP contribution in [0.1, 0.15) is 15.9 Å². The number of ketones is 1. The number of hydrogen-bond donors (Lipinski definition) is 0. The predicted molar refractivity (Wildman–Crippen MR) is 75.9 cm³/mol. The Kier molecular flexibility index (Phi) is 3.22. The molecule has 0 unspecified atom stereocenters. The largest absolute Gasteiger partial charge is 0.289 e. The van der Waals surface area contributed by atoms with Gasteiger partial charge < -0.3 is 0 Å². The maximum atomic E-state index is 13.6. The van der Waals surface area contributed by atoms with Crippen molar-refractivity contribution in [3.05, 3.63) is 71.0 Å². The molecule has 94 valence electrons. The molecular weight excluding hydrogens is 259 g/mol. The molecule has 0 saturated heterocycles. The van der Waals surface area contributed by atoms with Crippen molar-refractivity contribution in [3.63, 3.8) is 0 Å². The highest BCUT2D eigenvalue weighted by Gasteiger charge is 2.21. The number of carbonyl (C=O) groups is 1. The van der Waals surface area contributed by atoms with Crippen LogP contribution < -0.4 is 0 Å². The molecular formula is C16H11FOS. The van der Waals surface area contributed by atoms with E-state index < -0.39 is 0 Å². The fourth-order valence-electron chi connectivity index (χ4n) is 2.06. The van der Waals surface area contributed by atoms with Gasteiger partial charge in [-0.1, -0.05) is 30.3 Å². The SMILES string of the molecule is O=C1/C(=C/c2ccccc2F)CSc2ccccc21. The highest BCUT2D eigenvalue weighted by atomic mass is 32.2. The number of benzene rings is 2. The minimum atomic E-state index is -0.299. The minimum absolute atomic E-state index is 0.00222. The van der Waals surface area contributed by atoms with Crippen LogP contribution in [0.3, 0.4) is 0 Å². The molecule has 1 heterocycles. The Morgan fingerprint density at radius 1 is 1.05 bits per heavy atom. The summed E-state index contributed by atoms with van der Waals surface area (Å²) in [5.41, 5.74) is 1.82. The number of rotatable bonds is 1. The molecule has 3 heteroatoms. The molecule has 1 aliphatic rings. The van der Waals surface area contributed by atoms with Gasteiger partial charge in [0.2, 0.25) is 0 Å². The van der Waals surface area contributed by atoms with E-state index in [0.29, 0.717) is 22.5 Å². The van der Waals surface area contributed by atoms with E-state index in [1.54, 1.807) is 36.0 Å². The van der Waals surface area contributed by atoms with Crippen molar-refractivity contribution in [1.82, 2.24) is 0 Å². The fourth-order valence-corrected chi connectivity index (χ4v) is 3.08. The van der Waals surface area contributed by atoms with Crippen LogP contribution in [0.4, 0.5) is 4.39 Å². The van der Waals surface area contributed by atoms with Crippen LogP contribution in [-0.4, -0.2) is 11.5 Å². The lowest BCUT2D eigenvalue weighted by Gasteiger charge is -2.16. The third-order valence-corrected chi connectivity index (χ3v) is 4.16. The Morgan fingerprint density at radius 2 is 1.79 bits per heavy atom. The van der Waals surface area contributed by atoms with Crippen molar-refractivity contribution in [2.45, 2.75) is 4.90 Å². The number of hydrogen-bond acceptors (Lipinski definition) is 2. The maximum Gasteiger partial charge on any atom is 0.191 e. The Morgan fingerprint density at radius 3 is 2.63 bits per heavy atom. The first-order valence-corrected chi connectivity index (χ1v) is 6.96.